The van der Waals surface area contributed by atoms with Crippen LogP contribution in [0.3, 0.4) is 0 Å². The van der Waals surface area contributed by atoms with E-state index in [0.29, 0.717) is 24.0 Å². The average Bonchev–Trinajstić information content (AvgIpc) is 3.24. The summed E-state index contributed by atoms with van der Waals surface area (Å²) < 4.78 is 12.2. The minimum absolute atomic E-state index is 0.0220. The van der Waals surface area contributed by atoms with Gasteiger partial charge in [-0.3, -0.25) is 14.2 Å². The van der Waals surface area contributed by atoms with Gasteiger partial charge in [0.05, 0.1) is 43.4 Å². The Hall–Kier alpha value is -3.39. The molecule has 2 aromatic carbocycles. The monoisotopic (exact) mass is 407 g/mol. The van der Waals surface area contributed by atoms with Gasteiger partial charge in [-0.2, -0.15) is 0 Å². The molecule has 0 aliphatic carbocycles. The molecular weight excluding hydrogens is 384 g/mol. The highest BCUT2D eigenvalue weighted by atomic mass is 16.7. The third-order valence-corrected chi connectivity index (χ3v) is 5.75. The Kier molecular flexibility index (Phi) is 4.84. The summed E-state index contributed by atoms with van der Waals surface area (Å²) in [6, 6.07) is 13.2. The number of hydrogen-bond donors (Lipinski definition) is 1. The lowest BCUT2D eigenvalue weighted by atomic mass is 10.1. The number of amides is 1. The second-order valence-electron chi connectivity index (χ2n) is 7.69. The van der Waals surface area contributed by atoms with Gasteiger partial charge < -0.3 is 19.3 Å². The van der Waals surface area contributed by atoms with Crippen LogP contribution in [0, 0.1) is 0 Å². The number of aromatic nitrogens is 2. The number of hydrogen-bond acceptors (Lipinski definition) is 5. The Morgan fingerprint density at radius 2 is 1.87 bits per heavy atom. The fraction of sp³-hybridized carbons (Fsp3) is 0.318. The standard InChI is InChI=1S/C22H22N4O4/c27-21(13-26-14-23-18-4-2-1-3-17(18)22(26)28)25-9-7-24(8-10-25)12-16-5-6-19-20(11-16)30-15-29-19/h1-6,11,14H,7-10,12-13,15H2/p+1. The van der Waals surface area contributed by atoms with E-state index in [0.717, 1.165) is 31.1 Å². The van der Waals surface area contributed by atoms with Crippen molar-refractivity contribution in [3.63, 3.8) is 0 Å². The van der Waals surface area contributed by atoms with Gasteiger partial charge in [-0.15, -0.1) is 0 Å². The summed E-state index contributed by atoms with van der Waals surface area (Å²) in [6.07, 6.45) is 1.46. The van der Waals surface area contributed by atoms with Crippen LogP contribution in [0.25, 0.3) is 10.9 Å². The van der Waals surface area contributed by atoms with Gasteiger partial charge in [0.2, 0.25) is 12.7 Å². The highest BCUT2D eigenvalue weighted by molar-refractivity contribution is 5.79. The third kappa shape index (κ3) is 3.61. The first kappa shape index (κ1) is 18.6. The fourth-order valence-corrected chi connectivity index (χ4v) is 4.05. The van der Waals surface area contributed by atoms with Gasteiger partial charge in [-0.25, -0.2) is 4.98 Å². The zero-order valence-electron chi connectivity index (χ0n) is 16.5. The largest absolute Gasteiger partial charge is 0.454 e. The smallest absolute Gasteiger partial charge is 0.261 e. The molecule has 1 saturated heterocycles. The van der Waals surface area contributed by atoms with Crippen LogP contribution in [-0.4, -0.2) is 53.3 Å². The van der Waals surface area contributed by atoms with Crippen molar-refractivity contribution in [2.75, 3.05) is 33.0 Å². The van der Waals surface area contributed by atoms with Crippen molar-refractivity contribution in [3.8, 4) is 11.5 Å². The van der Waals surface area contributed by atoms with Crippen LogP contribution >= 0.6 is 0 Å². The molecule has 8 heteroatoms. The number of carbonyl (C=O) groups excluding carboxylic acids is 1. The van der Waals surface area contributed by atoms with Crippen LogP contribution < -0.4 is 19.9 Å². The minimum Gasteiger partial charge on any atom is -0.454 e. The van der Waals surface area contributed by atoms with E-state index in [9.17, 15) is 9.59 Å². The maximum Gasteiger partial charge on any atom is 0.261 e. The average molecular weight is 407 g/mol. The van der Waals surface area contributed by atoms with Gasteiger partial charge in [-0.1, -0.05) is 12.1 Å². The zero-order valence-corrected chi connectivity index (χ0v) is 16.5. The number of ether oxygens (including phenoxy) is 2. The summed E-state index contributed by atoms with van der Waals surface area (Å²) in [7, 11) is 0. The van der Waals surface area contributed by atoms with Crippen LogP contribution in [0.4, 0.5) is 0 Å². The van der Waals surface area contributed by atoms with Gasteiger partial charge >= 0.3 is 0 Å². The van der Waals surface area contributed by atoms with Crippen LogP contribution in [0.5, 0.6) is 11.5 Å². The van der Waals surface area contributed by atoms with E-state index in [2.05, 4.69) is 11.1 Å². The van der Waals surface area contributed by atoms with Crippen molar-refractivity contribution in [1.29, 1.82) is 0 Å². The summed E-state index contributed by atoms with van der Waals surface area (Å²) in [5, 5.41) is 0.533. The SMILES string of the molecule is O=C(Cn1cnc2ccccc2c1=O)N1CC[NH+](Cc2ccc3c(c2)OCO3)CC1. The summed E-state index contributed by atoms with van der Waals surface area (Å²) in [5.74, 6) is 1.55. The zero-order chi connectivity index (χ0) is 20.5. The minimum atomic E-state index is -0.180. The molecule has 0 unspecified atom stereocenters. The molecule has 0 saturated carbocycles. The van der Waals surface area contributed by atoms with Crippen LogP contribution in [0.1, 0.15) is 5.56 Å². The van der Waals surface area contributed by atoms with E-state index < -0.39 is 0 Å². The molecule has 1 N–H and O–H groups in total. The Labute approximate surface area is 173 Å². The molecule has 2 aliphatic heterocycles. The van der Waals surface area contributed by atoms with Gasteiger partial charge in [0.1, 0.15) is 13.1 Å². The molecule has 2 aliphatic rings. The molecule has 154 valence electrons. The summed E-state index contributed by atoms with van der Waals surface area (Å²) in [6.45, 7) is 4.27. The van der Waals surface area contributed by atoms with Crippen LogP contribution in [0.2, 0.25) is 0 Å². The molecular formula is C22H23N4O4+. The van der Waals surface area contributed by atoms with Crippen LogP contribution in [-0.2, 0) is 17.9 Å². The van der Waals surface area contributed by atoms with E-state index in [-0.39, 0.29) is 24.8 Å². The predicted molar refractivity (Wildman–Crippen MR) is 110 cm³/mol. The third-order valence-electron chi connectivity index (χ3n) is 5.75. The summed E-state index contributed by atoms with van der Waals surface area (Å²) in [4.78, 5) is 32.9. The number of piperazine rings is 1. The van der Waals surface area contributed by atoms with Crippen molar-refractivity contribution < 1.29 is 19.2 Å². The second-order valence-corrected chi connectivity index (χ2v) is 7.69. The number of carbonyl (C=O) groups is 1. The van der Waals surface area contributed by atoms with Crippen molar-refractivity contribution >= 4 is 16.8 Å². The van der Waals surface area contributed by atoms with E-state index >= 15 is 0 Å². The lowest BCUT2D eigenvalue weighted by Gasteiger charge is -2.32. The molecule has 3 aromatic rings. The lowest BCUT2D eigenvalue weighted by molar-refractivity contribution is -0.917. The first-order chi connectivity index (χ1) is 14.7. The molecule has 30 heavy (non-hydrogen) atoms. The molecule has 0 spiro atoms. The summed E-state index contributed by atoms with van der Waals surface area (Å²) >= 11 is 0. The summed E-state index contributed by atoms with van der Waals surface area (Å²) in [5.41, 5.74) is 1.66. The quantitative estimate of drug-likeness (QED) is 0.662. The topological polar surface area (TPSA) is 78.1 Å². The number of fused-ring (bicyclic) bond motifs is 2. The Balaban J connectivity index is 1.19. The van der Waals surface area contributed by atoms with Crippen LogP contribution in [0.15, 0.2) is 53.6 Å². The Morgan fingerprint density at radius 3 is 2.73 bits per heavy atom. The first-order valence-electron chi connectivity index (χ1n) is 10.1. The predicted octanol–water partition coefficient (Wildman–Crippen LogP) is 0.0525. The first-order valence-corrected chi connectivity index (χ1v) is 10.1. The van der Waals surface area contributed by atoms with Crippen molar-refractivity contribution in [2.45, 2.75) is 13.1 Å². The number of nitrogens with one attached hydrogen (secondary N) is 1. The van der Waals surface area contributed by atoms with Gasteiger partial charge in [0.25, 0.3) is 5.56 Å². The van der Waals surface area contributed by atoms with Gasteiger partial charge in [-0.05, 0) is 30.3 Å². The van der Waals surface area contributed by atoms with Crippen molar-refractivity contribution in [1.82, 2.24) is 14.5 Å². The molecule has 0 atom stereocenters. The molecule has 3 heterocycles. The highest BCUT2D eigenvalue weighted by Crippen LogP contribution is 2.32. The van der Waals surface area contributed by atoms with Crippen molar-refractivity contribution in [3.05, 3.63) is 64.7 Å². The number of rotatable bonds is 4. The molecule has 0 bridgehead atoms. The molecule has 0 radical (unpaired) electrons. The Morgan fingerprint density at radius 1 is 1.07 bits per heavy atom. The number of para-hydroxylation sites is 1. The number of quaternary nitrogens is 1. The normalized spacial score (nSPS) is 16.2. The van der Waals surface area contributed by atoms with Gasteiger partial charge in [0, 0.05) is 5.56 Å². The second kappa shape index (κ2) is 7.79. The lowest BCUT2D eigenvalue weighted by Crippen LogP contribution is -3.13. The highest BCUT2D eigenvalue weighted by Gasteiger charge is 2.25. The van der Waals surface area contributed by atoms with E-state index in [1.165, 1.54) is 21.4 Å². The molecule has 5 rings (SSSR count). The Bertz CT molecular complexity index is 1150. The number of nitrogens with zero attached hydrogens (tertiary/aromatic N) is 3. The van der Waals surface area contributed by atoms with E-state index in [1.807, 2.05) is 23.1 Å². The maximum atomic E-state index is 12.7. The molecule has 1 aromatic heterocycles. The molecule has 1 amide bonds. The maximum absolute atomic E-state index is 12.7. The molecule has 1 fully saturated rings. The van der Waals surface area contributed by atoms with Gasteiger partial charge in [0.15, 0.2) is 11.5 Å². The van der Waals surface area contributed by atoms with E-state index in [1.54, 1.807) is 18.2 Å². The fourth-order valence-electron chi connectivity index (χ4n) is 4.05. The number of benzene rings is 2. The van der Waals surface area contributed by atoms with Crippen molar-refractivity contribution in [2.24, 2.45) is 0 Å². The van der Waals surface area contributed by atoms with E-state index in [4.69, 9.17) is 9.47 Å². The molecule has 8 nitrogen and oxygen atoms in total.